The summed E-state index contributed by atoms with van der Waals surface area (Å²) in [4.78, 5) is 12.3. The maximum absolute atomic E-state index is 13.2. The molecule has 4 N–H and O–H groups in total. The molecule has 0 bridgehead atoms. The molecule has 2 heterocycles. The number of phenolic OH excluding ortho intramolecular Hbond substituents is 2. The first-order valence-electron chi connectivity index (χ1n) is 11.4. The number of aromatic nitrogens is 4. The molecule has 0 aliphatic rings. The molecule has 5 aromatic rings. The molecule has 0 amide bonds. The minimum absolute atomic E-state index is 0.121. The highest BCUT2D eigenvalue weighted by Gasteiger charge is 2.13. The molecule has 188 valence electrons. The number of aryl methyl sites for hydroxylation is 2. The van der Waals surface area contributed by atoms with Crippen molar-refractivity contribution in [3.8, 4) is 34.0 Å². The van der Waals surface area contributed by atoms with Crippen molar-refractivity contribution in [3.63, 3.8) is 0 Å². The summed E-state index contributed by atoms with van der Waals surface area (Å²) in [6, 6.07) is 19.2. The van der Waals surface area contributed by atoms with E-state index in [0.29, 0.717) is 22.4 Å². The molecule has 37 heavy (non-hydrogen) atoms. The van der Waals surface area contributed by atoms with E-state index in [9.17, 15) is 19.4 Å². The Morgan fingerprint density at radius 1 is 0.838 bits per heavy atom. The van der Waals surface area contributed by atoms with Crippen LogP contribution in [0.4, 0.5) is 10.1 Å². The second kappa shape index (κ2) is 10.8. The molecule has 0 fully saturated rings. The highest BCUT2D eigenvalue weighted by atomic mass is 19.1. The summed E-state index contributed by atoms with van der Waals surface area (Å²) in [5, 5.41) is 27.8. The van der Waals surface area contributed by atoms with Crippen LogP contribution < -0.4 is 5.73 Å². The van der Waals surface area contributed by atoms with Gasteiger partial charge in [0.2, 0.25) is 0 Å². The Morgan fingerprint density at radius 3 is 2.00 bits per heavy atom. The molecule has 0 spiro atoms. The lowest BCUT2D eigenvalue weighted by molar-refractivity contribution is 0.0992. The van der Waals surface area contributed by atoms with Gasteiger partial charge in [-0.1, -0.05) is 18.2 Å². The summed E-state index contributed by atoms with van der Waals surface area (Å²) in [7, 11) is 3.59. The van der Waals surface area contributed by atoms with Gasteiger partial charge in [0.1, 0.15) is 17.3 Å². The SMILES string of the molecule is Cn1nccc1-c1cc(CC(=O)c2cccc(F)c2)ccc1O.Cn1nccc1-c1cc(N)ccc1O. The molecule has 8 nitrogen and oxygen atoms in total. The molecule has 3 aromatic carbocycles. The van der Waals surface area contributed by atoms with Gasteiger partial charge in [-0.2, -0.15) is 10.2 Å². The number of halogens is 1. The Morgan fingerprint density at radius 2 is 1.43 bits per heavy atom. The van der Waals surface area contributed by atoms with Crippen LogP contribution in [0.3, 0.4) is 0 Å². The number of benzene rings is 3. The normalized spacial score (nSPS) is 10.6. The van der Waals surface area contributed by atoms with E-state index in [2.05, 4.69) is 10.2 Å². The second-order valence-corrected chi connectivity index (χ2v) is 8.42. The summed E-state index contributed by atoms with van der Waals surface area (Å²) in [6.45, 7) is 0. The van der Waals surface area contributed by atoms with Crippen LogP contribution in [0, 0.1) is 5.82 Å². The number of phenols is 2. The van der Waals surface area contributed by atoms with Crippen LogP contribution in [-0.2, 0) is 20.5 Å². The van der Waals surface area contributed by atoms with Gasteiger partial charge < -0.3 is 15.9 Å². The van der Waals surface area contributed by atoms with Crippen LogP contribution in [-0.4, -0.2) is 35.6 Å². The van der Waals surface area contributed by atoms with Crippen molar-refractivity contribution in [2.45, 2.75) is 6.42 Å². The zero-order valence-corrected chi connectivity index (χ0v) is 20.3. The van der Waals surface area contributed by atoms with Crippen molar-refractivity contribution in [3.05, 3.63) is 102 Å². The number of ketones is 1. The van der Waals surface area contributed by atoms with Gasteiger partial charge in [-0.25, -0.2) is 4.39 Å². The summed E-state index contributed by atoms with van der Waals surface area (Å²) >= 11 is 0. The van der Waals surface area contributed by atoms with Crippen molar-refractivity contribution in [1.82, 2.24) is 19.6 Å². The number of Topliss-reactive ketones (excluding diaryl/α,β-unsaturated/α-hetero) is 1. The third kappa shape index (κ3) is 5.84. The fourth-order valence-electron chi connectivity index (χ4n) is 3.88. The van der Waals surface area contributed by atoms with Gasteiger partial charge in [-0.15, -0.1) is 0 Å². The molecule has 5 rings (SSSR count). The number of anilines is 1. The lowest BCUT2D eigenvalue weighted by Crippen LogP contribution is -2.04. The summed E-state index contributed by atoms with van der Waals surface area (Å²) in [6.07, 6.45) is 3.45. The van der Waals surface area contributed by atoms with Gasteiger partial charge in [-0.3, -0.25) is 14.2 Å². The Kier molecular flexibility index (Phi) is 7.34. The average molecular weight is 500 g/mol. The van der Waals surface area contributed by atoms with E-state index in [1.807, 2.05) is 13.1 Å². The number of carbonyl (C=O) groups excluding carboxylic acids is 1. The first-order chi connectivity index (χ1) is 17.7. The molecule has 0 atom stereocenters. The van der Waals surface area contributed by atoms with Gasteiger partial charge in [-0.05, 0) is 60.2 Å². The van der Waals surface area contributed by atoms with E-state index >= 15 is 0 Å². The van der Waals surface area contributed by atoms with Gasteiger partial charge in [0.05, 0.1) is 11.4 Å². The van der Waals surface area contributed by atoms with Crippen LogP contribution in [0.5, 0.6) is 11.5 Å². The lowest BCUT2D eigenvalue weighted by Gasteiger charge is -2.08. The lowest BCUT2D eigenvalue weighted by atomic mass is 10.00. The molecule has 0 unspecified atom stereocenters. The minimum atomic E-state index is -0.433. The van der Waals surface area contributed by atoms with Crippen molar-refractivity contribution in [2.24, 2.45) is 14.1 Å². The van der Waals surface area contributed by atoms with Crippen LogP contribution in [0.2, 0.25) is 0 Å². The van der Waals surface area contributed by atoms with Crippen LogP contribution >= 0.6 is 0 Å². The molecular weight excluding hydrogens is 473 g/mol. The van der Waals surface area contributed by atoms with Crippen LogP contribution in [0.1, 0.15) is 15.9 Å². The Hall–Kier alpha value is -4.92. The molecular formula is C28H26FN5O3. The van der Waals surface area contributed by atoms with Crippen LogP contribution in [0.15, 0.2) is 85.2 Å². The van der Waals surface area contributed by atoms with Crippen molar-refractivity contribution >= 4 is 11.5 Å². The average Bonchev–Trinajstić information content (AvgIpc) is 3.50. The largest absolute Gasteiger partial charge is 0.507 e. The molecule has 2 aromatic heterocycles. The summed E-state index contributed by atoms with van der Waals surface area (Å²) in [5.41, 5.74) is 10.2. The standard InChI is InChI=1S/C18H15FN2O2.C10H11N3O/c1-21-16(7-8-20-21)15-9-12(5-6-17(15)22)10-18(23)13-3-2-4-14(19)11-13;1-13-9(4-5-12-13)8-6-7(11)2-3-10(8)14/h2-9,11,22H,10H2,1H3;2-6,14H,11H2,1H3. The zero-order chi connectivity index (χ0) is 26.5. The number of aromatic hydroxyl groups is 2. The van der Waals surface area contributed by atoms with E-state index in [1.54, 1.807) is 77.3 Å². The number of nitrogens with zero attached hydrogens (tertiary/aromatic N) is 4. The highest BCUT2D eigenvalue weighted by molar-refractivity contribution is 5.97. The molecule has 0 radical (unpaired) electrons. The van der Waals surface area contributed by atoms with E-state index < -0.39 is 5.82 Å². The maximum atomic E-state index is 13.2. The summed E-state index contributed by atoms with van der Waals surface area (Å²) < 4.78 is 16.6. The van der Waals surface area contributed by atoms with Crippen molar-refractivity contribution in [1.29, 1.82) is 0 Å². The number of hydrogen-bond donors (Lipinski definition) is 3. The van der Waals surface area contributed by atoms with Gasteiger partial charge >= 0.3 is 0 Å². The first kappa shape index (κ1) is 25.2. The third-order valence-electron chi connectivity index (χ3n) is 5.79. The predicted molar refractivity (Wildman–Crippen MR) is 139 cm³/mol. The number of rotatable bonds is 5. The van der Waals surface area contributed by atoms with E-state index in [0.717, 1.165) is 17.0 Å². The predicted octanol–water partition coefficient (Wildman–Crippen LogP) is 4.73. The minimum Gasteiger partial charge on any atom is -0.507 e. The smallest absolute Gasteiger partial charge is 0.167 e. The van der Waals surface area contributed by atoms with Crippen molar-refractivity contribution < 1.29 is 19.4 Å². The molecule has 9 heteroatoms. The monoisotopic (exact) mass is 499 g/mol. The van der Waals surface area contributed by atoms with E-state index in [1.165, 1.54) is 18.2 Å². The fraction of sp³-hybridized carbons (Fsp3) is 0.107. The molecule has 0 aliphatic heterocycles. The Bertz CT molecular complexity index is 1560. The number of carbonyl (C=O) groups is 1. The maximum Gasteiger partial charge on any atom is 0.167 e. The van der Waals surface area contributed by atoms with Gasteiger partial charge in [0.25, 0.3) is 0 Å². The van der Waals surface area contributed by atoms with Gasteiger partial charge in [0.15, 0.2) is 5.78 Å². The zero-order valence-electron chi connectivity index (χ0n) is 20.3. The highest BCUT2D eigenvalue weighted by Crippen LogP contribution is 2.31. The van der Waals surface area contributed by atoms with Crippen molar-refractivity contribution in [2.75, 3.05) is 5.73 Å². The molecule has 0 saturated heterocycles. The Labute approximate surface area is 213 Å². The fourth-order valence-corrected chi connectivity index (χ4v) is 3.88. The first-order valence-corrected chi connectivity index (χ1v) is 11.4. The summed E-state index contributed by atoms with van der Waals surface area (Å²) in [5.74, 6) is -0.276. The van der Waals surface area contributed by atoms with Crippen LogP contribution in [0.25, 0.3) is 22.5 Å². The quantitative estimate of drug-likeness (QED) is 0.183. The molecule has 0 saturated carbocycles. The number of hydrogen-bond acceptors (Lipinski definition) is 6. The van der Waals surface area contributed by atoms with Gasteiger partial charge in [0, 0.05) is 55.3 Å². The third-order valence-corrected chi connectivity index (χ3v) is 5.79. The number of nitrogen functional groups attached to an aromatic ring is 1. The number of nitrogens with two attached hydrogens (primary N) is 1. The Balaban J connectivity index is 0.000000195. The van der Waals surface area contributed by atoms with E-state index in [-0.39, 0.29) is 23.7 Å². The topological polar surface area (TPSA) is 119 Å². The van der Waals surface area contributed by atoms with E-state index in [4.69, 9.17) is 5.73 Å². The molecule has 0 aliphatic carbocycles. The second-order valence-electron chi connectivity index (χ2n) is 8.42.